The number of carbonyl (C=O) groups excluding carboxylic acids is 1. The molecule has 0 rings (SSSR count). The van der Waals surface area contributed by atoms with Crippen LogP contribution in [-0.2, 0) is 4.79 Å². The van der Waals surface area contributed by atoms with Gasteiger partial charge in [0, 0.05) is 12.8 Å². The molecule has 0 N–H and O–H groups in total. The molecule has 82 valence electrons. The van der Waals surface area contributed by atoms with Crippen molar-refractivity contribution in [1.82, 2.24) is 0 Å². The Morgan fingerprint density at radius 2 is 1.71 bits per heavy atom. The second-order valence-electron chi connectivity index (χ2n) is 3.88. The second-order valence-corrected chi connectivity index (χ2v) is 3.88. The Balaban J connectivity index is 3.10. The van der Waals surface area contributed by atoms with Crippen molar-refractivity contribution in [3.05, 3.63) is 12.7 Å². The molecule has 0 aromatic carbocycles. The molecule has 0 unspecified atom stereocenters. The van der Waals surface area contributed by atoms with E-state index in [-0.39, 0.29) is 0 Å². The zero-order chi connectivity index (χ0) is 10.6. The van der Waals surface area contributed by atoms with Crippen LogP contribution in [0.4, 0.5) is 0 Å². The van der Waals surface area contributed by atoms with Gasteiger partial charge in [0.1, 0.15) is 5.78 Å². The average Bonchev–Trinajstić information content (AvgIpc) is 2.20. The summed E-state index contributed by atoms with van der Waals surface area (Å²) in [5.74, 6) is 0.454. The van der Waals surface area contributed by atoms with Crippen LogP contribution in [0.15, 0.2) is 12.7 Å². The topological polar surface area (TPSA) is 17.1 Å². The summed E-state index contributed by atoms with van der Waals surface area (Å²) in [6.07, 6.45) is 11.6. The van der Waals surface area contributed by atoms with Crippen LogP contribution < -0.4 is 0 Å². The lowest BCUT2D eigenvalue weighted by Gasteiger charge is -2.00. The van der Waals surface area contributed by atoms with Crippen LogP contribution in [-0.4, -0.2) is 5.78 Å². The highest BCUT2D eigenvalue weighted by Gasteiger charge is 2.00. The summed E-state index contributed by atoms with van der Waals surface area (Å²) in [5.41, 5.74) is 0. The van der Waals surface area contributed by atoms with E-state index in [9.17, 15) is 4.79 Å². The van der Waals surface area contributed by atoms with Crippen LogP contribution in [0.5, 0.6) is 0 Å². The highest BCUT2D eigenvalue weighted by Crippen LogP contribution is 2.08. The Labute approximate surface area is 88.6 Å². The van der Waals surface area contributed by atoms with E-state index in [1.54, 1.807) is 0 Å². The van der Waals surface area contributed by atoms with Crippen LogP contribution in [0.25, 0.3) is 0 Å². The Morgan fingerprint density at radius 3 is 2.36 bits per heavy atom. The summed E-state index contributed by atoms with van der Waals surface area (Å²) in [5, 5.41) is 0. The number of unbranched alkanes of at least 4 members (excludes halogenated alkanes) is 5. The fraction of sp³-hybridized carbons (Fsp3) is 0.769. The van der Waals surface area contributed by atoms with Crippen molar-refractivity contribution in [1.29, 1.82) is 0 Å². The van der Waals surface area contributed by atoms with Gasteiger partial charge >= 0.3 is 0 Å². The number of hydrogen-bond acceptors (Lipinski definition) is 1. The molecule has 0 radical (unpaired) electrons. The molecule has 0 heterocycles. The van der Waals surface area contributed by atoms with Gasteiger partial charge in [-0.3, -0.25) is 4.79 Å². The van der Waals surface area contributed by atoms with E-state index in [2.05, 4.69) is 13.5 Å². The van der Waals surface area contributed by atoms with Gasteiger partial charge in [-0.2, -0.15) is 0 Å². The number of rotatable bonds is 10. The monoisotopic (exact) mass is 196 g/mol. The van der Waals surface area contributed by atoms with E-state index in [1.165, 1.54) is 19.3 Å². The molecule has 0 aliphatic heterocycles. The minimum absolute atomic E-state index is 0.454. The molecule has 0 aromatic rings. The molecule has 0 atom stereocenters. The van der Waals surface area contributed by atoms with Crippen molar-refractivity contribution < 1.29 is 4.79 Å². The quantitative estimate of drug-likeness (QED) is 0.376. The molecule has 14 heavy (non-hydrogen) atoms. The maximum absolute atomic E-state index is 11.3. The van der Waals surface area contributed by atoms with Gasteiger partial charge in [0.05, 0.1) is 0 Å². The minimum atomic E-state index is 0.454. The molecule has 1 nitrogen and oxygen atoms in total. The second kappa shape index (κ2) is 10.5. The Morgan fingerprint density at radius 1 is 1.07 bits per heavy atom. The smallest absolute Gasteiger partial charge is 0.132 e. The first-order valence-corrected chi connectivity index (χ1v) is 5.93. The van der Waals surface area contributed by atoms with Crippen molar-refractivity contribution in [3.63, 3.8) is 0 Å². The number of carbonyl (C=O) groups is 1. The maximum atomic E-state index is 11.3. The highest BCUT2D eigenvalue weighted by atomic mass is 16.1. The summed E-state index contributed by atoms with van der Waals surface area (Å²) in [7, 11) is 0. The summed E-state index contributed by atoms with van der Waals surface area (Å²) < 4.78 is 0. The normalized spacial score (nSPS) is 10.1. The third kappa shape index (κ3) is 9.50. The third-order valence-electron chi connectivity index (χ3n) is 2.42. The van der Waals surface area contributed by atoms with Gasteiger partial charge in [-0.1, -0.05) is 32.3 Å². The van der Waals surface area contributed by atoms with E-state index in [0.717, 1.165) is 38.5 Å². The Hall–Kier alpha value is -0.590. The molecule has 0 saturated carbocycles. The summed E-state index contributed by atoms with van der Waals surface area (Å²) >= 11 is 0. The lowest BCUT2D eigenvalue weighted by molar-refractivity contribution is -0.119. The molecule has 0 bridgehead atoms. The molecule has 0 aromatic heterocycles. The predicted octanol–water partition coefficient (Wildman–Crippen LogP) is 4.27. The molecule has 0 spiro atoms. The van der Waals surface area contributed by atoms with Crippen LogP contribution >= 0.6 is 0 Å². The number of allylic oxidation sites excluding steroid dienone is 1. The molecular formula is C13H24O. The van der Waals surface area contributed by atoms with Crippen molar-refractivity contribution in [2.24, 2.45) is 0 Å². The van der Waals surface area contributed by atoms with Gasteiger partial charge in [0.2, 0.25) is 0 Å². The first-order valence-electron chi connectivity index (χ1n) is 5.93. The van der Waals surface area contributed by atoms with Gasteiger partial charge in [0.15, 0.2) is 0 Å². The van der Waals surface area contributed by atoms with Gasteiger partial charge in [-0.15, -0.1) is 6.58 Å². The molecule has 0 amide bonds. The fourth-order valence-electron chi connectivity index (χ4n) is 1.46. The number of Topliss-reactive ketones (excluding diaryl/α,β-unsaturated/α-hetero) is 1. The standard InChI is InChI=1S/C13H24O/c1-3-5-7-8-9-10-12-13(14)11-6-4-2/h3H,1,4-12H2,2H3. The van der Waals surface area contributed by atoms with Crippen LogP contribution in [0.3, 0.4) is 0 Å². The summed E-state index contributed by atoms with van der Waals surface area (Å²) in [6, 6.07) is 0. The van der Waals surface area contributed by atoms with Crippen LogP contribution in [0.1, 0.15) is 64.7 Å². The Kier molecular flexibility index (Phi) is 10.0. The molecule has 0 fully saturated rings. The molecule has 1 heteroatoms. The van der Waals surface area contributed by atoms with Gasteiger partial charge in [-0.25, -0.2) is 0 Å². The lowest BCUT2D eigenvalue weighted by atomic mass is 10.1. The van der Waals surface area contributed by atoms with E-state index in [1.807, 2.05) is 6.08 Å². The SMILES string of the molecule is C=CCCCCCCC(=O)CCCC. The molecule has 0 saturated heterocycles. The van der Waals surface area contributed by atoms with E-state index in [0.29, 0.717) is 5.78 Å². The summed E-state index contributed by atoms with van der Waals surface area (Å²) in [6.45, 7) is 5.81. The van der Waals surface area contributed by atoms with Gasteiger partial charge in [-0.05, 0) is 25.7 Å². The fourth-order valence-corrected chi connectivity index (χ4v) is 1.46. The van der Waals surface area contributed by atoms with Crippen LogP contribution in [0, 0.1) is 0 Å². The van der Waals surface area contributed by atoms with E-state index >= 15 is 0 Å². The van der Waals surface area contributed by atoms with Crippen LogP contribution in [0.2, 0.25) is 0 Å². The predicted molar refractivity (Wildman–Crippen MR) is 62.4 cm³/mol. The highest BCUT2D eigenvalue weighted by molar-refractivity contribution is 5.78. The van der Waals surface area contributed by atoms with Crippen molar-refractivity contribution in [2.75, 3.05) is 0 Å². The third-order valence-corrected chi connectivity index (χ3v) is 2.42. The van der Waals surface area contributed by atoms with Crippen molar-refractivity contribution >= 4 is 5.78 Å². The summed E-state index contributed by atoms with van der Waals surface area (Å²) in [4.78, 5) is 11.3. The van der Waals surface area contributed by atoms with E-state index in [4.69, 9.17) is 0 Å². The Bertz CT molecular complexity index is 149. The minimum Gasteiger partial charge on any atom is -0.300 e. The largest absolute Gasteiger partial charge is 0.300 e. The van der Waals surface area contributed by atoms with Crippen molar-refractivity contribution in [3.8, 4) is 0 Å². The van der Waals surface area contributed by atoms with E-state index < -0.39 is 0 Å². The lowest BCUT2D eigenvalue weighted by Crippen LogP contribution is -1.96. The first kappa shape index (κ1) is 13.4. The van der Waals surface area contributed by atoms with Crippen molar-refractivity contribution in [2.45, 2.75) is 64.7 Å². The van der Waals surface area contributed by atoms with Gasteiger partial charge in [0.25, 0.3) is 0 Å². The molecule has 0 aliphatic rings. The zero-order valence-corrected chi connectivity index (χ0v) is 9.56. The average molecular weight is 196 g/mol. The molecule has 0 aliphatic carbocycles. The number of hydrogen-bond donors (Lipinski definition) is 0. The molecular weight excluding hydrogens is 172 g/mol. The number of ketones is 1. The first-order chi connectivity index (χ1) is 6.81. The van der Waals surface area contributed by atoms with Gasteiger partial charge < -0.3 is 0 Å². The maximum Gasteiger partial charge on any atom is 0.132 e. The zero-order valence-electron chi connectivity index (χ0n) is 9.56.